The second-order valence-corrected chi connectivity index (χ2v) is 10.1. The van der Waals surface area contributed by atoms with Gasteiger partial charge in [-0.05, 0) is 25.7 Å². The molecule has 4 atom stereocenters. The van der Waals surface area contributed by atoms with E-state index in [9.17, 15) is 35.6 Å². The molecule has 0 saturated carbocycles. The molecule has 35 heavy (non-hydrogen) atoms. The Bertz CT molecular complexity index is 889. The normalized spacial score (nSPS) is 29.5. The molecule has 4 amide bonds. The lowest BCUT2D eigenvalue weighted by atomic mass is 9.96. The summed E-state index contributed by atoms with van der Waals surface area (Å²) in [6.45, 7) is -2.25. The van der Waals surface area contributed by atoms with Gasteiger partial charge in [-0.25, -0.2) is 27.2 Å². The summed E-state index contributed by atoms with van der Waals surface area (Å²) in [5.74, 6) is -6.73. The van der Waals surface area contributed by atoms with Crippen LogP contribution in [0.2, 0.25) is 0 Å². The van der Waals surface area contributed by atoms with E-state index in [2.05, 4.69) is 9.47 Å². The van der Waals surface area contributed by atoms with E-state index in [4.69, 9.17) is 8.57 Å². The number of halogens is 4. The standard InChI is InChI=1S/C18H26F4N4O8S/c1-31-9-17(19,20)13-5-3-11-7-23(13)15(27)25(11)33-35(29,30)34-26-12-4-6-14(18(21,22)10-32-2)24(8-12)16(26)28/h11-14H,3-10H2,1-2H3. The Kier molecular flexibility index (Phi) is 6.84. The van der Waals surface area contributed by atoms with Gasteiger partial charge in [-0.2, -0.15) is 18.5 Å². The van der Waals surface area contributed by atoms with E-state index in [0.717, 1.165) is 24.0 Å². The van der Waals surface area contributed by atoms with Crippen LogP contribution < -0.4 is 0 Å². The number of carbonyl (C=O) groups excluding carboxylic acids is 2. The molecular formula is C18H26F4N4O8S. The number of amides is 4. The minimum atomic E-state index is -5.09. The third-order valence-corrected chi connectivity index (χ3v) is 7.32. The summed E-state index contributed by atoms with van der Waals surface area (Å²) in [5, 5.41) is 0.863. The quantitative estimate of drug-likeness (QED) is 0.384. The van der Waals surface area contributed by atoms with E-state index < -0.39 is 71.7 Å². The summed E-state index contributed by atoms with van der Waals surface area (Å²) in [5.41, 5.74) is 0. The highest BCUT2D eigenvalue weighted by atomic mass is 32.3. The van der Waals surface area contributed by atoms with Crippen molar-refractivity contribution in [1.29, 1.82) is 0 Å². The molecule has 4 bridgehead atoms. The largest absolute Gasteiger partial charge is 0.442 e. The summed E-state index contributed by atoms with van der Waals surface area (Å²) in [6, 6.07) is -6.91. The molecule has 0 aromatic carbocycles. The number of nitrogens with zero attached hydrogens (tertiary/aromatic N) is 4. The topological polar surface area (TPSA) is 118 Å². The Morgan fingerprint density at radius 2 is 1.14 bits per heavy atom. The lowest BCUT2D eigenvalue weighted by Crippen LogP contribution is -2.52. The average molecular weight is 534 g/mol. The number of rotatable bonds is 10. The first-order valence-electron chi connectivity index (χ1n) is 10.9. The fraction of sp³-hybridized carbons (Fsp3) is 0.889. The van der Waals surface area contributed by atoms with E-state index in [1.165, 1.54) is 0 Å². The van der Waals surface area contributed by atoms with Gasteiger partial charge in [-0.1, -0.05) is 0 Å². The number of hydrogen-bond acceptors (Lipinski definition) is 8. The molecule has 4 aliphatic heterocycles. The van der Waals surface area contributed by atoms with Gasteiger partial charge >= 0.3 is 22.5 Å². The number of hydroxylamine groups is 4. The summed E-state index contributed by atoms with van der Waals surface area (Å²) >= 11 is 0. The molecule has 0 aromatic heterocycles. The van der Waals surface area contributed by atoms with Gasteiger partial charge in [-0.3, -0.25) is 0 Å². The number of urea groups is 2. The van der Waals surface area contributed by atoms with Gasteiger partial charge in [0.15, 0.2) is 0 Å². The summed E-state index contributed by atoms with van der Waals surface area (Å²) < 4.78 is 101. The highest BCUT2D eigenvalue weighted by Crippen LogP contribution is 2.40. The van der Waals surface area contributed by atoms with Crippen LogP contribution in [0.4, 0.5) is 27.2 Å². The molecular weight excluding hydrogens is 508 g/mol. The lowest BCUT2D eigenvalue weighted by Gasteiger charge is -2.35. The number of fused-ring (bicyclic) bond motifs is 4. The molecule has 12 nitrogen and oxygen atoms in total. The number of piperidine rings is 2. The number of carbonyl (C=O) groups is 2. The van der Waals surface area contributed by atoms with Crippen molar-refractivity contribution in [2.24, 2.45) is 0 Å². The van der Waals surface area contributed by atoms with Crippen molar-refractivity contribution in [2.75, 3.05) is 40.5 Å². The van der Waals surface area contributed by atoms with Crippen LogP contribution in [-0.4, -0.2) is 117 Å². The minimum Gasteiger partial charge on any atom is -0.378 e. The fourth-order valence-corrected chi connectivity index (χ4v) is 5.92. The Labute approximate surface area is 198 Å². The predicted octanol–water partition coefficient (Wildman–Crippen LogP) is 1.20. The van der Waals surface area contributed by atoms with Gasteiger partial charge in [0.2, 0.25) is 0 Å². The van der Waals surface area contributed by atoms with Crippen LogP contribution in [0.3, 0.4) is 0 Å². The Hall–Kier alpha value is -1.95. The SMILES string of the molecule is COCC(F)(F)C1CCC2CN1C(=O)N2OS(=O)(=O)ON1C(=O)N2CC1CCC2C(F)(F)COC. The molecule has 0 N–H and O–H groups in total. The average Bonchev–Trinajstić information content (AvgIpc) is 3.13. The molecule has 4 saturated heterocycles. The summed E-state index contributed by atoms with van der Waals surface area (Å²) in [4.78, 5) is 27.0. The Morgan fingerprint density at radius 3 is 1.49 bits per heavy atom. The van der Waals surface area contributed by atoms with Crippen molar-refractivity contribution in [3.63, 3.8) is 0 Å². The lowest BCUT2D eigenvalue weighted by molar-refractivity contribution is -0.118. The van der Waals surface area contributed by atoms with Crippen LogP contribution in [0.25, 0.3) is 0 Å². The third-order valence-electron chi connectivity index (χ3n) is 6.64. The maximum Gasteiger partial charge on any atom is 0.442 e. The molecule has 200 valence electrons. The van der Waals surface area contributed by atoms with Crippen LogP contribution in [0.15, 0.2) is 0 Å². The van der Waals surface area contributed by atoms with Crippen LogP contribution in [0.5, 0.6) is 0 Å². The van der Waals surface area contributed by atoms with E-state index in [-0.39, 0.29) is 38.8 Å². The number of ether oxygens (including phenoxy) is 2. The van der Waals surface area contributed by atoms with Gasteiger partial charge in [0, 0.05) is 27.3 Å². The smallest absolute Gasteiger partial charge is 0.378 e. The van der Waals surface area contributed by atoms with Crippen LogP contribution in [0, 0.1) is 0 Å². The predicted molar refractivity (Wildman–Crippen MR) is 106 cm³/mol. The Balaban J connectivity index is 1.43. The van der Waals surface area contributed by atoms with Crippen molar-refractivity contribution >= 4 is 22.5 Å². The van der Waals surface area contributed by atoms with Crippen molar-refractivity contribution < 1.29 is 53.6 Å². The first-order valence-corrected chi connectivity index (χ1v) is 12.2. The molecule has 0 radical (unpaired) electrons. The van der Waals surface area contributed by atoms with Crippen LogP contribution >= 0.6 is 0 Å². The zero-order valence-electron chi connectivity index (χ0n) is 18.9. The fourth-order valence-electron chi connectivity index (χ4n) is 5.13. The Morgan fingerprint density at radius 1 is 0.771 bits per heavy atom. The maximum absolute atomic E-state index is 14.4. The summed E-state index contributed by atoms with van der Waals surface area (Å²) in [6.07, 6.45) is -0.188. The minimum absolute atomic E-state index is 0.0248. The second kappa shape index (κ2) is 9.17. The molecule has 4 rings (SSSR count). The molecule has 0 aromatic rings. The molecule has 4 fully saturated rings. The first kappa shape index (κ1) is 26.1. The monoisotopic (exact) mass is 534 g/mol. The van der Waals surface area contributed by atoms with Gasteiger partial charge in [-0.15, -0.1) is 8.57 Å². The van der Waals surface area contributed by atoms with Crippen LogP contribution in [0.1, 0.15) is 25.7 Å². The highest BCUT2D eigenvalue weighted by Gasteiger charge is 2.57. The zero-order chi connectivity index (χ0) is 25.8. The van der Waals surface area contributed by atoms with Crippen molar-refractivity contribution in [1.82, 2.24) is 19.9 Å². The zero-order valence-corrected chi connectivity index (χ0v) is 19.8. The number of alkyl halides is 4. The van der Waals surface area contributed by atoms with Crippen molar-refractivity contribution in [2.45, 2.75) is 61.7 Å². The summed E-state index contributed by atoms with van der Waals surface area (Å²) in [7, 11) is -2.90. The van der Waals surface area contributed by atoms with Gasteiger partial charge in [0.1, 0.15) is 13.2 Å². The van der Waals surface area contributed by atoms with E-state index in [1.807, 2.05) is 0 Å². The van der Waals surface area contributed by atoms with E-state index in [1.54, 1.807) is 0 Å². The molecule has 4 unspecified atom stereocenters. The van der Waals surface area contributed by atoms with Crippen molar-refractivity contribution in [3.8, 4) is 0 Å². The van der Waals surface area contributed by atoms with Gasteiger partial charge in [0.05, 0.1) is 24.2 Å². The highest BCUT2D eigenvalue weighted by molar-refractivity contribution is 7.81. The molecule has 4 heterocycles. The van der Waals surface area contributed by atoms with Crippen LogP contribution in [-0.2, 0) is 28.4 Å². The van der Waals surface area contributed by atoms with E-state index in [0.29, 0.717) is 10.1 Å². The first-order chi connectivity index (χ1) is 16.3. The van der Waals surface area contributed by atoms with Gasteiger partial charge < -0.3 is 19.3 Å². The molecule has 0 aliphatic carbocycles. The maximum atomic E-state index is 14.4. The van der Waals surface area contributed by atoms with Crippen molar-refractivity contribution in [3.05, 3.63) is 0 Å². The van der Waals surface area contributed by atoms with Gasteiger partial charge in [0.25, 0.3) is 11.8 Å². The second-order valence-electron chi connectivity index (χ2n) is 8.96. The molecule has 4 aliphatic rings. The van der Waals surface area contributed by atoms with E-state index >= 15 is 0 Å². The number of hydrogen-bond donors (Lipinski definition) is 0. The number of methoxy groups -OCH3 is 2. The molecule has 0 spiro atoms. The molecule has 17 heteroatoms. The third kappa shape index (κ3) is 4.75.